The lowest BCUT2D eigenvalue weighted by atomic mass is 9.86. The molecule has 1 aliphatic carbocycles. The maximum Gasteiger partial charge on any atom is 0.233 e. The van der Waals surface area contributed by atoms with E-state index in [0.717, 1.165) is 27.4 Å². The van der Waals surface area contributed by atoms with Gasteiger partial charge in [-0.1, -0.05) is 65.7 Å². The van der Waals surface area contributed by atoms with Gasteiger partial charge in [-0.15, -0.1) is 16.8 Å². The number of thioether (sulfide) groups is 1. The number of allylic oxidation sites excluding steroid dienone is 1. The number of nitrogens with zero attached hydrogens (tertiary/aromatic N) is 3. The quantitative estimate of drug-likeness (QED) is 0.460. The van der Waals surface area contributed by atoms with Crippen LogP contribution in [0.1, 0.15) is 39.5 Å². The molecule has 0 spiro atoms. The molecular formula is C21H27BrN4OS. The standard InChI is InChI=1S/C21H27BrN4OS/c1-4-13-26-19(16-9-11-17(22)12-10-16)24-25-21(26)28-15(3)20(27)23-18-8-6-5-7-14(18)2/h4,9-12,14-15,18H,1,5-8,13H2,2-3H3,(H,23,27). The van der Waals surface area contributed by atoms with Crippen molar-refractivity contribution in [2.75, 3.05) is 0 Å². The molecule has 28 heavy (non-hydrogen) atoms. The Morgan fingerprint density at radius 2 is 2.07 bits per heavy atom. The molecule has 1 amide bonds. The van der Waals surface area contributed by atoms with Gasteiger partial charge in [0, 0.05) is 22.6 Å². The number of nitrogens with one attached hydrogen (secondary N) is 1. The summed E-state index contributed by atoms with van der Waals surface area (Å²) < 4.78 is 3.02. The molecule has 1 heterocycles. The van der Waals surface area contributed by atoms with E-state index in [2.05, 4.69) is 44.9 Å². The monoisotopic (exact) mass is 462 g/mol. The number of carbonyl (C=O) groups excluding carboxylic acids is 1. The molecule has 0 radical (unpaired) electrons. The summed E-state index contributed by atoms with van der Waals surface area (Å²) in [6.07, 6.45) is 6.55. The molecule has 7 heteroatoms. The van der Waals surface area contributed by atoms with E-state index in [1.807, 2.05) is 41.8 Å². The van der Waals surface area contributed by atoms with Crippen LogP contribution in [-0.2, 0) is 11.3 Å². The minimum atomic E-state index is -0.236. The summed E-state index contributed by atoms with van der Waals surface area (Å²) in [6, 6.07) is 8.26. The Morgan fingerprint density at radius 1 is 1.36 bits per heavy atom. The van der Waals surface area contributed by atoms with Gasteiger partial charge in [-0.3, -0.25) is 9.36 Å². The molecule has 0 saturated heterocycles. The molecule has 1 aromatic heterocycles. The summed E-state index contributed by atoms with van der Waals surface area (Å²) in [4.78, 5) is 12.7. The van der Waals surface area contributed by atoms with Crippen molar-refractivity contribution in [1.82, 2.24) is 20.1 Å². The summed E-state index contributed by atoms with van der Waals surface area (Å²) in [5.41, 5.74) is 0.984. The van der Waals surface area contributed by atoms with Crippen LogP contribution in [0.15, 0.2) is 46.5 Å². The summed E-state index contributed by atoms with van der Waals surface area (Å²) in [5.74, 6) is 1.40. The zero-order valence-corrected chi connectivity index (χ0v) is 18.8. The third-order valence-electron chi connectivity index (χ3n) is 5.22. The molecule has 150 valence electrons. The fourth-order valence-corrected chi connectivity index (χ4v) is 4.66. The van der Waals surface area contributed by atoms with Gasteiger partial charge in [-0.2, -0.15) is 0 Å². The van der Waals surface area contributed by atoms with Crippen LogP contribution in [0.2, 0.25) is 0 Å². The first-order valence-electron chi connectivity index (χ1n) is 9.76. The van der Waals surface area contributed by atoms with Gasteiger partial charge in [0.05, 0.1) is 5.25 Å². The molecule has 0 bridgehead atoms. The van der Waals surface area contributed by atoms with Crippen LogP contribution in [0.3, 0.4) is 0 Å². The molecule has 1 aliphatic rings. The van der Waals surface area contributed by atoms with E-state index >= 15 is 0 Å². The fraction of sp³-hybridized carbons (Fsp3) is 0.476. The van der Waals surface area contributed by atoms with Crippen molar-refractivity contribution in [3.8, 4) is 11.4 Å². The van der Waals surface area contributed by atoms with E-state index in [9.17, 15) is 4.79 Å². The maximum absolute atomic E-state index is 12.7. The average molecular weight is 463 g/mol. The second kappa shape index (κ2) is 9.74. The normalized spacial score (nSPS) is 20.5. The predicted molar refractivity (Wildman–Crippen MR) is 118 cm³/mol. The minimum absolute atomic E-state index is 0.0714. The number of benzene rings is 1. The van der Waals surface area contributed by atoms with E-state index in [1.165, 1.54) is 31.0 Å². The lowest BCUT2D eigenvalue weighted by molar-refractivity contribution is -0.121. The summed E-state index contributed by atoms with van der Waals surface area (Å²) in [7, 11) is 0. The first kappa shape index (κ1) is 21.1. The molecule has 3 unspecified atom stereocenters. The molecule has 3 atom stereocenters. The van der Waals surface area contributed by atoms with Crippen LogP contribution in [0.5, 0.6) is 0 Å². The minimum Gasteiger partial charge on any atom is -0.352 e. The van der Waals surface area contributed by atoms with Crippen molar-refractivity contribution < 1.29 is 4.79 Å². The van der Waals surface area contributed by atoms with Crippen LogP contribution in [0.25, 0.3) is 11.4 Å². The Kier molecular flexibility index (Phi) is 7.35. The van der Waals surface area contributed by atoms with Gasteiger partial charge in [0.1, 0.15) is 0 Å². The van der Waals surface area contributed by atoms with Gasteiger partial charge >= 0.3 is 0 Å². The van der Waals surface area contributed by atoms with Crippen molar-refractivity contribution >= 4 is 33.6 Å². The Hall–Kier alpha value is -1.60. The molecule has 1 fully saturated rings. The van der Waals surface area contributed by atoms with Gasteiger partial charge in [-0.05, 0) is 37.8 Å². The topological polar surface area (TPSA) is 59.8 Å². The lowest BCUT2D eigenvalue weighted by Gasteiger charge is -2.30. The number of aromatic nitrogens is 3. The first-order valence-corrected chi connectivity index (χ1v) is 11.4. The van der Waals surface area contributed by atoms with E-state index in [-0.39, 0.29) is 17.2 Å². The SMILES string of the molecule is C=CCn1c(SC(C)C(=O)NC2CCCCC2C)nnc1-c1ccc(Br)cc1. The maximum atomic E-state index is 12.7. The molecule has 2 aromatic rings. The Bertz CT molecular complexity index is 820. The Morgan fingerprint density at radius 3 is 2.75 bits per heavy atom. The van der Waals surface area contributed by atoms with Crippen LogP contribution in [-0.4, -0.2) is 32.0 Å². The third-order valence-corrected chi connectivity index (χ3v) is 6.83. The first-order chi connectivity index (χ1) is 13.5. The summed E-state index contributed by atoms with van der Waals surface area (Å²) in [5, 5.41) is 12.5. The van der Waals surface area contributed by atoms with Crippen LogP contribution < -0.4 is 5.32 Å². The highest BCUT2D eigenvalue weighted by atomic mass is 79.9. The van der Waals surface area contributed by atoms with Gasteiger partial charge in [-0.25, -0.2) is 0 Å². The number of amides is 1. The number of halogens is 1. The van der Waals surface area contributed by atoms with Gasteiger partial charge in [0.15, 0.2) is 11.0 Å². The zero-order valence-electron chi connectivity index (χ0n) is 16.4. The summed E-state index contributed by atoms with van der Waals surface area (Å²) >= 11 is 4.91. The largest absolute Gasteiger partial charge is 0.352 e. The lowest BCUT2D eigenvalue weighted by Crippen LogP contribution is -2.44. The molecular weight excluding hydrogens is 436 g/mol. The van der Waals surface area contributed by atoms with E-state index in [4.69, 9.17) is 0 Å². The van der Waals surface area contributed by atoms with Crippen LogP contribution in [0, 0.1) is 5.92 Å². The molecule has 3 rings (SSSR count). The molecule has 1 aromatic carbocycles. The molecule has 5 nitrogen and oxygen atoms in total. The highest BCUT2D eigenvalue weighted by Crippen LogP contribution is 2.29. The Labute approximate surface area is 179 Å². The highest BCUT2D eigenvalue weighted by Gasteiger charge is 2.26. The van der Waals surface area contributed by atoms with Gasteiger partial charge in [0.25, 0.3) is 0 Å². The second-order valence-corrected chi connectivity index (χ2v) is 9.57. The van der Waals surface area contributed by atoms with Crippen molar-refractivity contribution in [2.45, 2.75) is 62.5 Å². The second-order valence-electron chi connectivity index (χ2n) is 7.35. The molecule has 0 aliphatic heterocycles. The molecule has 1 saturated carbocycles. The number of hydrogen-bond donors (Lipinski definition) is 1. The van der Waals surface area contributed by atoms with E-state index in [1.54, 1.807) is 0 Å². The number of carbonyl (C=O) groups is 1. The van der Waals surface area contributed by atoms with Crippen molar-refractivity contribution in [3.05, 3.63) is 41.4 Å². The summed E-state index contributed by atoms with van der Waals surface area (Å²) in [6.45, 7) is 8.60. The van der Waals surface area contributed by atoms with Crippen LogP contribution in [0.4, 0.5) is 0 Å². The Balaban J connectivity index is 1.73. The highest BCUT2D eigenvalue weighted by molar-refractivity contribution is 9.10. The van der Waals surface area contributed by atoms with Gasteiger partial charge < -0.3 is 5.32 Å². The predicted octanol–water partition coefficient (Wildman–Crippen LogP) is 5.07. The molecule has 1 N–H and O–H groups in total. The zero-order chi connectivity index (χ0) is 20.1. The van der Waals surface area contributed by atoms with Gasteiger partial charge in [0.2, 0.25) is 5.91 Å². The van der Waals surface area contributed by atoms with Crippen molar-refractivity contribution in [3.63, 3.8) is 0 Å². The van der Waals surface area contributed by atoms with Crippen LogP contribution >= 0.6 is 27.7 Å². The third kappa shape index (κ3) is 5.06. The van der Waals surface area contributed by atoms with E-state index < -0.39 is 0 Å². The van der Waals surface area contributed by atoms with Crippen molar-refractivity contribution in [2.24, 2.45) is 5.92 Å². The fourth-order valence-electron chi connectivity index (χ4n) is 3.52. The van der Waals surface area contributed by atoms with E-state index in [0.29, 0.717) is 12.5 Å². The average Bonchev–Trinajstić information content (AvgIpc) is 3.07. The smallest absolute Gasteiger partial charge is 0.233 e. The number of hydrogen-bond acceptors (Lipinski definition) is 4. The number of rotatable bonds is 7. The van der Waals surface area contributed by atoms with Crippen molar-refractivity contribution in [1.29, 1.82) is 0 Å².